The highest BCUT2D eigenvalue weighted by Gasteiger charge is 2.17. The van der Waals surface area contributed by atoms with Crippen molar-refractivity contribution in [3.63, 3.8) is 0 Å². The van der Waals surface area contributed by atoms with Gasteiger partial charge in [0.05, 0.1) is 4.92 Å². The molecule has 1 aromatic rings. The predicted octanol–water partition coefficient (Wildman–Crippen LogP) is 1.95. The third kappa shape index (κ3) is 2.77. The number of benzene rings is 1. The second-order valence-electron chi connectivity index (χ2n) is 3.10. The minimum Gasteiger partial charge on any atom is -0.476 e. The van der Waals surface area contributed by atoms with Crippen molar-refractivity contribution in [2.24, 2.45) is 0 Å². The quantitative estimate of drug-likeness (QED) is 0.561. The monoisotopic (exact) mass is 209 g/mol. The molecule has 1 aromatic carbocycles. The first-order valence-corrected chi connectivity index (χ1v) is 4.43. The predicted molar refractivity (Wildman–Crippen MR) is 53.9 cm³/mol. The maximum Gasteiger partial charge on any atom is 0.310 e. The molecule has 80 valence electrons. The highest BCUT2D eigenvalue weighted by atomic mass is 16.6. The number of carbonyl (C=O) groups is 1. The largest absolute Gasteiger partial charge is 0.476 e. The normalized spacial score (nSPS) is 11.9. The number of nitro benzene ring substituents is 1. The molecule has 0 fully saturated rings. The van der Waals surface area contributed by atoms with Crippen LogP contribution >= 0.6 is 0 Å². The van der Waals surface area contributed by atoms with Gasteiger partial charge in [0.25, 0.3) is 0 Å². The average Bonchev–Trinajstić information content (AvgIpc) is 2.18. The van der Waals surface area contributed by atoms with Crippen LogP contribution in [0, 0.1) is 10.1 Å². The maximum absolute atomic E-state index is 10.9. The first kappa shape index (κ1) is 11.2. The van der Waals surface area contributed by atoms with Crippen LogP contribution in [0.1, 0.15) is 13.8 Å². The molecule has 0 N–H and O–H groups in total. The van der Waals surface area contributed by atoms with Crippen LogP contribution in [-0.4, -0.2) is 16.8 Å². The zero-order valence-electron chi connectivity index (χ0n) is 8.47. The summed E-state index contributed by atoms with van der Waals surface area (Å²) in [6, 6.07) is 5.97. The number of nitro groups is 1. The van der Waals surface area contributed by atoms with Crippen LogP contribution in [-0.2, 0) is 4.79 Å². The van der Waals surface area contributed by atoms with Gasteiger partial charge in [0, 0.05) is 6.07 Å². The van der Waals surface area contributed by atoms with Gasteiger partial charge in [-0.3, -0.25) is 14.9 Å². The van der Waals surface area contributed by atoms with Crippen LogP contribution in [0.15, 0.2) is 24.3 Å². The molecule has 0 saturated carbocycles. The van der Waals surface area contributed by atoms with Gasteiger partial charge < -0.3 is 4.74 Å². The van der Waals surface area contributed by atoms with Crippen molar-refractivity contribution in [1.29, 1.82) is 0 Å². The van der Waals surface area contributed by atoms with Crippen LogP contribution < -0.4 is 4.74 Å². The third-order valence-electron chi connectivity index (χ3n) is 1.94. The Kier molecular flexibility index (Phi) is 3.38. The Bertz CT molecular complexity index is 389. The lowest BCUT2D eigenvalue weighted by Gasteiger charge is -2.10. The lowest BCUT2D eigenvalue weighted by Crippen LogP contribution is -2.21. The van der Waals surface area contributed by atoms with Crippen molar-refractivity contribution in [1.82, 2.24) is 0 Å². The van der Waals surface area contributed by atoms with Gasteiger partial charge in [-0.15, -0.1) is 0 Å². The maximum atomic E-state index is 10.9. The fraction of sp³-hybridized carbons (Fsp3) is 0.300. The zero-order chi connectivity index (χ0) is 11.4. The fourth-order valence-electron chi connectivity index (χ4n) is 0.981. The Hall–Kier alpha value is -1.91. The Morgan fingerprint density at radius 3 is 2.60 bits per heavy atom. The molecule has 0 saturated heterocycles. The summed E-state index contributed by atoms with van der Waals surface area (Å²) >= 11 is 0. The van der Waals surface area contributed by atoms with Crippen molar-refractivity contribution in [3.05, 3.63) is 34.4 Å². The highest BCUT2D eigenvalue weighted by Crippen LogP contribution is 2.26. The summed E-state index contributed by atoms with van der Waals surface area (Å²) in [7, 11) is 0. The molecule has 0 bridgehead atoms. The van der Waals surface area contributed by atoms with Gasteiger partial charge in [-0.2, -0.15) is 0 Å². The number of ether oxygens (including phenoxy) is 1. The minimum absolute atomic E-state index is 0.116. The summed E-state index contributed by atoms with van der Waals surface area (Å²) in [6.45, 7) is 2.93. The first-order valence-electron chi connectivity index (χ1n) is 4.43. The molecule has 1 atom stereocenters. The zero-order valence-corrected chi connectivity index (χ0v) is 8.47. The van der Waals surface area contributed by atoms with E-state index >= 15 is 0 Å². The number of para-hydroxylation sites is 2. The molecule has 0 amide bonds. The molecule has 15 heavy (non-hydrogen) atoms. The van der Waals surface area contributed by atoms with Crippen molar-refractivity contribution in [2.45, 2.75) is 20.0 Å². The first-order chi connectivity index (χ1) is 7.02. The molecule has 0 aliphatic rings. The van der Waals surface area contributed by atoms with Gasteiger partial charge in [0.2, 0.25) is 0 Å². The van der Waals surface area contributed by atoms with Gasteiger partial charge in [-0.05, 0) is 19.9 Å². The number of carbonyl (C=O) groups excluding carboxylic acids is 1. The summed E-state index contributed by atoms with van der Waals surface area (Å²) < 4.78 is 5.18. The molecular formula is C10H11NO4. The molecule has 0 aromatic heterocycles. The van der Waals surface area contributed by atoms with Crippen molar-refractivity contribution < 1.29 is 14.5 Å². The van der Waals surface area contributed by atoms with E-state index in [1.54, 1.807) is 19.1 Å². The van der Waals surface area contributed by atoms with Crippen molar-refractivity contribution in [3.8, 4) is 5.75 Å². The van der Waals surface area contributed by atoms with E-state index in [9.17, 15) is 14.9 Å². The van der Waals surface area contributed by atoms with Gasteiger partial charge in [0.1, 0.15) is 0 Å². The summed E-state index contributed by atoms with van der Waals surface area (Å²) in [5, 5.41) is 10.6. The molecule has 5 heteroatoms. The summed E-state index contributed by atoms with van der Waals surface area (Å²) in [4.78, 5) is 21.0. The minimum atomic E-state index is -0.675. The molecular weight excluding hydrogens is 198 g/mol. The Labute approximate surface area is 86.8 Å². The van der Waals surface area contributed by atoms with Crippen molar-refractivity contribution >= 4 is 11.5 Å². The Morgan fingerprint density at radius 2 is 2.07 bits per heavy atom. The molecule has 1 rings (SSSR count). The summed E-state index contributed by atoms with van der Waals surface area (Å²) in [5.41, 5.74) is -0.134. The van der Waals surface area contributed by atoms with Crippen LogP contribution in [0.3, 0.4) is 0 Å². The second kappa shape index (κ2) is 4.54. The van der Waals surface area contributed by atoms with Crippen LogP contribution in [0.5, 0.6) is 5.75 Å². The Balaban J connectivity index is 2.94. The molecule has 0 radical (unpaired) electrons. The van der Waals surface area contributed by atoms with E-state index in [1.165, 1.54) is 19.1 Å². The van der Waals surface area contributed by atoms with Gasteiger partial charge in [-0.25, -0.2) is 0 Å². The number of Topliss-reactive ketones (excluding diaryl/α,β-unsaturated/α-hetero) is 1. The lowest BCUT2D eigenvalue weighted by atomic mass is 10.2. The molecule has 0 heterocycles. The van der Waals surface area contributed by atoms with E-state index in [0.29, 0.717) is 0 Å². The van der Waals surface area contributed by atoms with Crippen molar-refractivity contribution in [2.75, 3.05) is 0 Å². The average molecular weight is 209 g/mol. The standard InChI is InChI=1S/C10H11NO4/c1-7(12)8(2)15-10-6-4-3-5-9(10)11(13)14/h3-6,8H,1-2H3. The summed E-state index contributed by atoms with van der Waals surface area (Å²) in [5.74, 6) is -0.0571. The van der Waals surface area contributed by atoms with E-state index in [0.717, 1.165) is 0 Å². The number of nitrogens with zero attached hydrogens (tertiary/aromatic N) is 1. The van der Waals surface area contributed by atoms with E-state index in [1.807, 2.05) is 0 Å². The second-order valence-corrected chi connectivity index (χ2v) is 3.10. The third-order valence-corrected chi connectivity index (χ3v) is 1.94. The van der Waals surface area contributed by atoms with E-state index in [4.69, 9.17) is 4.74 Å². The SMILES string of the molecule is CC(=O)C(C)Oc1ccccc1[N+](=O)[O-]. The number of hydrogen-bond donors (Lipinski definition) is 0. The van der Waals surface area contributed by atoms with Gasteiger partial charge in [0.15, 0.2) is 17.6 Å². The number of hydrogen-bond acceptors (Lipinski definition) is 4. The lowest BCUT2D eigenvalue weighted by molar-refractivity contribution is -0.386. The van der Waals surface area contributed by atoms with Crippen LogP contribution in [0.4, 0.5) is 5.69 Å². The van der Waals surface area contributed by atoms with Gasteiger partial charge >= 0.3 is 5.69 Å². The number of rotatable bonds is 4. The molecule has 0 aliphatic heterocycles. The number of ketones is 1. The molecule has 1 unspecified atom stereocenters. The van der Waals surface area contributed by atoms with E-state index < -0.39 is 11.0 Å². The van der Waals surface area contributed by atoms with E-state index in [-0.39, 0.29) is 17.2 Å². The Morgan fingerprint density at radius 1 is 1.47 bits per heavy atom. The van der Waals surface area contributed by atoms with Crippen LogP contribution in [0.2, 0.25) is 0 Å². The topological polar surface area (TPSA) is 69.4 Å². The fourth-order valence-corrected chi connectivity index (χ4v) is 0.981. The van der Waals surface area contributed by atoms with Gasteiger partial charge in [-0.1, -0.05) is 12.1 Å². The van der Waals surface area contributed by atoms with E-state index in [2.05, 4.69) is 0 Å². The molecule has 0 spiro atoms. The summed E-state index contributed by atoms with van der Waals surface area (Å²) in [6.07, 6.45) is -0.675. The molecule has 0 aliphatic carbocycles. The molecule has 5 nitrogen and oxygen atoms in total. The smallest absolute Gasteiger partial charge is 0.310 e. The highest BCUT2D eigenvalue weighted by molar-refractivity contribution is 5.80. The van der Waals surface area contributed by atoms with Crippen LogP contribution in [0.25, 0.3) is 0 Å².